The van der Waals surface area contributed by atoms with Crippen LogP contribution < -0.4 is 9.64 Å². The molecule has 4 nitrogen and oxygen atoms in total. The molecule has 162 valence electrons. The predicted octanol–water partition coefficient (Wildman–Crippen LogP) is 6.09. The van der Waals surface area contributed by atoms with Crippen molar-refractivity contribution in [2.24, 2.45) is 0 Å². The Bertz CT molecular complexity index is 921. The normalized spacial score (nSPS) is 10.6. The third-order valence-corrected chi connectivity index (χ3v) is 5.26. The van der Waals surface area contributed by atoms with E-state index in [1.54, 1.807) is 0 Å². The van der Waals surface area contributed by atoms with Crippen LogP contribution in [-0.4, -0.2) is 17.6 Å². The molecule has 0 heterocycles. The zero-order valence-corrected chi connectivity index (χ0v) is 18.2. The minimum absolute atomic E-state index is 0.146. The molecule has 0 saturated heterocycles. The van der Waals surface area contributed by atoms with Crippen LogP contribution in [0.3, 0.4) is 0 Å². The number of aliphatic carboxylic acids is 1. The first-order valence-electron chi connectivity index (χ1n) is 11.0. The fourth-order valence-corrected chi connectivity index (χ4v) is 3.42. The Hall–Kier alpha value is -3.27. The van der Waals surface area contributed by atoms with Crippen molar-refractivity contribution in [1.82, 2.24) is 0 Å². The van der Waals surface area contributed by atoms with Crippen LogP contribution in [0.4, 0.5) is 5.69 Å². The Kier molecular flexibility index (Phi) is 8.53. The molecule has 3 aromatic carbocycles. The Labute approximate surface area is 185 Å². The maximum atomic E-state index is 10.7. The number of carboxylic acids is 1. The lowest BCUT2D eigenvalue weighted by atomic mass is 10.1. The molecular weight excluding hydrogens is 386 g/mol. The van der Waals surface area contributed by atoms with Gasteiger partial charge in [-0.15, -0.1) is 0 Å². The van der Waals surface area contributed by atoms with Crippen molar-refractivity contribution < 1.29 is 14.6 Å². The fraction of sp³-hybridized carbons (Fsp3) is 0.296. The van der Waals surface area contributed by atoms with Crippen molar-refractivity contribution in [3.8, 4) is 5.75 Å². The van der Waals surface area contributed by atoms with Crippen molar-refractivity contribution in [1.29, 1.82) is 0 Å². The van der Waals surface area contributed by atoms with Gasteiger partial charge < -0.3 is 14.7 Å². The van der Waals surface area contributed by atoms with Crippen LogP contribution in [0.15, 0.2) is 78.9 Å². The molecule has 0 atom stereocenters. The third-order valence-electron chi connectivity index (χ3n) is 5.26. The molecule has 0 amide bonds. The molecule has 0 aliphatic rings. The van der Waals surface area contributed by atoms with Gasteiger partial charge in [-0.1, -0.05) is 67.9 Å². The molecule has 1 N–H and O–H groups in total. The van der Waals surface area contributed by atoms with Crippen molar-refractivity contribution in [3.63, 3.8) is 0 Å². The van der Waals surface area contributed by atoms with E-state index in [1.165, 1.54) is 24.1 Å². The molecule has 0 aliphatic carbocycles. The van der Waals surface area contributed by atoms with E-state index in [4.69, 9.17) is 9.84 Å². The zero-order valence-electron chi connectivity index (χ0n) is 18.2. The van der Waals surface area contributed by atoms with Crippen LogP contribution in [0.1, 0.15) is 42.9 Å². The molecule has 0 fully saturated rings. The second-order valence-electron chi connectivity index (χ2n) is 7.75. The Balaban J connectivity index is 1.54. The zero-order chi connectivity index (χ0) is 21.9. The molecule has 3 rings (SSSR count). The number of hydrogen-bond donors (Lipinski definition) is 1. The second-order valence-corrected chi connectivity index (χ2v) is 7.75. The highest BCUT2D eigenvalue weighted by Crippen LogP contribution is 2.19. The largest absolute Gasteiger partial charge is 0.489 e. The number of aryl methyl sites for hydroxylation is 1. The molecule has 0 spiro atoms. The predicted molar refractivity (Wildman–Crippen MR) is 126 cm³/mol. The summed E-state index contributed by atoms with van der Waals surface area (Å²) in [4.78, 5) is 13.1. The highest BCUT2D eigenvalue weighted by Gasteiger charge is 2.07. The summed E-state index contributed by atoms with van der Waals surface area (Å²) >= 11 is 0. The number of nitrogens with zero attached hydrogens (tertiary/aromatic N) is 1. The molecule has 0 aliphatic heterocycles. The van der Waals surface area contributed by atoms with E-state index in [2.05, 4.69) is 66.4 Å². The first-order chi connectivity index (χ1) is 15.1. The first-order valence-corrected chi connectivity index (χ1v) is 11.0. The molecule has 0 radical (unpaired) electrons. The van der Waals surface area contributed by atoms with Crippen LogP contribution in [0.5, 0.6) is 5.75 Å². The van der Waals surface area contributed by atoms with Gasteiger partial charge in [0.25, 0.3) is 0 Å². The van der Waals surface area contributed by atoms with E-state index in [-0.39, 0.29) is 6.42 Å². The maximum Gasteiger partial charge on any atom is 0.303 e. The number of para-hydroxylation sites is 1. The number of ether oxygens (including phenoxy) is 1. The standard InChI is InChI=1S/C27H31NO3/c1-2-3-19-28(25-7-5-4-6-8-25)20-23-9-11-24(12-10-23)21-31-26-16-13-22(14-17-26)15-18-27(29)30/h4-14,16-17H,2-3,15,18-21H2,1H3,(H,29,30). The van der Waals surface area contributed by atoms with Gasteiger partial charge in [0, 0.05) is 25.2 Å². The summed E-state index contributed by atoms with van der Waals surface area (Å²) in [6, 6.07) is 26.8. The van der Waals surface area contributed by atoms with Crippen LogP contribution in [0.2, 0.25) is 0 Å². The molecule has 0 saturated carbocycles. The molecule has 0 aromatic heterocycles. The first kappa shape index (κ1) is 22.4. The van der Waals surface area contributed by atoms with E-state index >= 15 is 0 Å². The smallest absolute Gasteiger partial charge is 0.303 e. The van der Waals surface area contributed by atoms with Crippen LogP contribution in [0, 0.1) is 0 Å². The lowest BCUT2D eigenvalue weighted by Crippen LogP contribution is -2.23. The van der Waals surface area contributed by atoms with Crippen molar-refractivity contribution in [2.75, 3.05) is 11.4 Å². The third kappa shape index (κ3) is 7.49. The van der Waals surface area contributed by atoms with Gasteiger partial charge in [-0.25, -0.2) is 0 Å². The van der Waals surface area contributed by atoms with Crippen LogP contribution >= 0.6 is 0 Å². The summed E-state index contributed by atoms with van der Waals surface area (Å²) in [6.07, 6.45) is 3.04. The Morgan fingerprint density at radius 2 is 1.52 bits per heavy atom. The summed E-state index contributed by atoms with van der Waals surface area (Å²) in [5, 5.41) is 8.78. The highest BCUT2D eigenvalue weighted by atomic mass is 16.5. The lowest BCUT2D eigenvalue weighted by molar-refractivity contribution is -0.136. The quantitative estimate of drug-likeness (QED) is 0.387. The number of unbranched alkanes of at least 4 members (excludes halogenated alkanes) is 1. The molecular formula is C27H31NO3. The average Bonchev–Trinajstić information content (AvgIpc) is 2.81. The van der Waals surface area contributed by atoms with Crippen LogP contribution in [0.25, 0.3) is 0 Å². The molecule has 31 heavy (non-hydrogen) atoms. The number of carboxylic acid groups (broad SMARTS) is 1. The minimum atomic E-state index is -0.777. The van der Waals surface area contributed by atoms with Gasteiger partial charge in [0.1, 0.15) is 12.4 Å². The fourth-order valence-electron chi connectivity index (χ4n) is 3.42. The van der Waals surface area contributed by atoms with Gasteiger partial charge in [-0.05, 0) is 53.8 Å². The van der Waals surface area contributed by atoms with Gasteiger partial charge >= 0.3 is 5.97 Å². The van der Waals surface area contributed by atoms with Crippen LogP contribution in [-0.2, 0) is 24.4 Å². The second kappa shape index (κ2) is 11.8. The summed E-state index contributed by atoms with van der Waals surface area (Å²) in [5.74, 6) is 0.0130. The summed E-state index contributed by atoms with van der Waals surface area (Å²) < 4.78 is 5.89. The van der Waals surface area contributed by atoms with E-state index in [9.17, 15) is 4.79 Å². The lowest BCUT2D eigenvalue weighted by Gasteiger charge is -2.25. The molecule has 0 bridgehead atoms. The monoisotopic (exact) mass is 417 g/mol. The maximum absolute atomic E-state index is 10.7. The molecule has 4 heteroatoms. The summed E-state index contributed by atoms with van der Waals surface area (Å²) in [7, 11) is 0. The van der Waals surface area contributed by atoms with E-state index in [1.807, 2.05) is 24.3 Å². The summed E-state index contributed by atoms with van der Waals surface area (Å²) in [6.45, 7) is 4.67. The van der Waals surface area contributed by atoms with Crippen molar-refractivity contribution >= 4 is 11.7 Å². The van der Waals surface area contributed by atoms with Gasteiger partial charge in [0.2, 0.25) is 0 Å². The van der Waals surface area contributed by atoms with E-state index in [0.29, 0.717) is 13.0 Å². The summed E-state index contributed by atoms with van der Waals surface area (Å²) in [5.41, 5.74) is 4.67. The topological polar surface area (TPSA) is 49.8 Å². The highest BCUT2D eigenvalue weighted by molar-refractivity contribution is 5.67. The minimum Gasteiger partial charge on any atom is -0.489 e. The van der Waals surface area contributed by atoms with E-state index < -0.39 is 5.97 Å². The van der Waals surface area contributed by atoms with Gasteiger partial charge in [0.05, 0.1) is 0 Å². The number of hydrogen-bond acceptors (Lipinski definition) is 3. The molecule has 3 aromatic rings. The van der Waals surface area contributed by atoms with Gasteiger partial charge in [-0.3, -0.25) is 4.79 Å². The van der Waals surface area contributed by atoms with Crippen molar-refractivity contribution in [3.05, 3.63) is 95.6 Å². The average molecular weight is 418 g/mol. The van der Waals surface area contributed by atoms with Gasteiger partial charge in [-0.2, -0.15) is 0 Å². The SMILES string of the molecule is CCCCN(Cc1ccc(COc2ccc(CCC(=O)O)cc2)cc1)c1ccccc1. The number of rotatable bonds is 12. The Morgan fingerprint density at radius 3 is 2.16 bits per heavy atom. The number of anilines is 1. The Morgan fingerprint density at radius 1 is 0.871 bits per heavy atom. The van der Waals surface area contributed by atoms with Crippen molar-refractivity contribution in [2.45, 2.75) is 45.8 Å². The number of carbonyl (C=O) groups is 1. The van der Waals surface area contributed by atoms with Gasteiger partial charge in [0.15, 0.2) is 0 Å². The number of benzene rings is 3. The van der Waals surface area contributed by atoms with E-state index in [0.717, 1.165) is 30.0 Å². The molecule has 0 unspecified atom stereocenters.